The van der Waals surface area contributed by atoms with Crippen LogP contribution < -0.4 is 0 Å². The van der Waals surface area contributed by atoms with Crippen LogP contribution in [0.15, 0.2) is 22.1 Å². The highest BCUT2D eigenvalue weighted by Crippen LogP contribution is 2.29. The first-order valence-electron chi connectivity index (χ1n) is 9.77. The Morgan fingerprint density at radius 1 is 1.34 bits per heavy atom. The summed E-state index contributed by atoms with van der Waals surface area (Å²) in [5.74, 6) is -0.517. The van der Waals surface area contributed by atoms with Gasteiger partial charge in [0, 0.05) is 33.2 Å². The molecule has 2 amide bonds. The van der Waals surface area contributed by atoms with Gasteiger partial charge in [-0.3, -0.25) is 9.59 Å². The van der Waals surface area contributed by atoms with Crippen molar-refractivity contribution in [3.8, 4) is 0 Å². The molecule has 0 N–H and O–H groups in total. The minimum atomic E-state index is -3.80. The number of piperidine rings is 1. The van der Waals surface area contributed by atoms with Crippen LogP contribution in [0, 0.1) is 19.8 Å². The van der Waals surface area contributed by atoms with Crippen molar-refractivity contribution in [3.05, 3.63) is 24.1 Å². The third-order valence-corrected chi connectivity index (χ3v) is 7.84. The summed E-state index contributed by atoms with van der Waals surface area (Å²) in [7, 11) is -2.17. The zero-order valence-corrected chi connectivity index (χ0v) is 17.9. The van der Waals surface area contributed by atoms with Crippen LogP contribution in [0.2, 0.25) is 0 Å². The molecule has 9 nitrogen and oxygen atoms in total. The second-order valence-electron chi connectivity index (χ2n) is 7.68. The van der Waals surface area contributed by atoms with E-state index in [9.17, 15) is 18.0 Å². The summed E-state index contributed by atoms with van der Waals surface area (Å²) in [6, 6.07) is -0.503. The van der Waals surface area contributed by atoms with Gasteiger partial charge in [0.05, 0.1) is 5.92 Å². The van der Waals surface area contributed by atoms with Gasteiger partial charge >= 0.3 is 0 Å². The molecule has 10 heteroatoms. The Kier molecular flexibility index (Phi) is 6.13. The molecule has 0 bridgehead atoms. The Balaban J connectivity index is 1.73. The fourth-order valence-electron chi connectivity index (χ4n) is 4.19. The molecule has 2 aliphatic rings. The Labute approximate surface area is 171 Å². The highest BCUT2D eigenvalue weighted by molar-refractivity contribution is 7.89. The van der Waals surface area contributed by atoms with E-state index in [0.717, 1.165) is 0 Å². The van der Waals surface area contributed by atoms with E-state index in [1.807, 2.05) is 0 Å². The van der Waals surface area contributed by atoms with Crippen molar-refractivity contribution < 1.29 is 22.5 Å². The van der Waals surface area contributed by atoms with E-state index < -0.39 is 22.0 Å². The summed E-state index contributed by atoms with van der Waals surface area (Å²) in [6.07, 6.45) is 3.41. The predicted molar refractivity (Wildman–Crippen MR) is 105 cm³/mol. The first kappa shape index (κ1) is 21.5. The van der Waals surface area contributed by atoms with Crippen LogP contribution in [0.25, 0.3) is 0 Å². The number of hydrogen-bond acceptors (Lipinski definition) is 6. The highest BCUT2D eigenvalue weighted by atomic mass is 32.2. The molecule has 3 heterocycles. The molecule has 3 rings (SSSR count). The second kappa shape index (κ2) is 8.27. The van der Waals surface area contributed by atoms with Gasteiger partial charge in [-0.05, 0) is 33.1 Å². The summed E-state index contributed by atoms with van der Waals surface area (Å²) in [6.45, 7) is 8.29. The molecule has 0 aliphatic carbocycles. The molecule has 1 aromatic rings. The van der Waals surface area contributed by atoms with Crippen LogP contribution >= 0.6 is 0 Å². The first-order chi connectivity index (χ1) is 13.7. The van der Waals surface area contributed by atoms with Gasteiger partial charge in [-0.1, -0.05) is 11.2 Å². The molecule has 29 heavy (non-hydrogen) atoms. The van der Waals surface area contributed by atoms with Crippen molar-refractivity contribution in [1.82, 2.24) is 19.3 Å². The molecule has 0 saturated carbocycles. The molecule has 0 spiro atoms. The van der Waals surface area contributed by atoms with Crippen LogP contribution in [0.5, 0.6) is 0 Å². The standard InChI is InChI=1S/C19H28N4O5S/c1-5-9-22-11-8-16(19(22)25)21(4)18(24)15-7-6-10-23(12-15)29(26,27)17-13(2)20-28-14(17)3/h5,15-16H,1,6-12H2,2-4H3/t15-,16+/m0/s1. The lowest BCUT2D eigenvalue weighted by molar-refractivity contribution is -0.143. The Morgan fingerprint density at radius 3 is 2.69 bits per heavy atom. The van der Waals surface area contributed by atoms with Gasteiger partial charge in [0.2, 0.25) is 21.8 Å². The number of carbonyl (C=O) groups excluding carboxylic acids is 2. The molecule has 2 aliphatic heterocycles. The van der Waals surface area contributed by atoms with Gasteiger partial charge in [-0.2, -0.15) is 4.31 Å². The Hall–Kier alpha value is -2.20. The van der Waals surface area contributed by atoms with Crippen LogP contribution in [-0.2, 0) is 19.6 Å². The maximum atomic E-state index is 13.1. The smallest absolute Gasteiger partial charge is 0.248 e. The molecule has 2 fully saturated rings. The average Bonchev–Trinajstić information content (AvgIpc) is 3.23. The quantitative estimate of drug-likeness (QED) is 0.630. The third kappa shape index (κ3) is 3.95. The predicted octanol–water partition coefficient (Wildman–Crippen LogP) is 0.937. The second-order valence-corrected chi connectivity index (χ2v) is 9.56. The van der Waals surface area contributed by atoms with Gasteiger partial charge in [0.25, 0.3) is 0 Å². The van der Waals surface area contributed by atoms with Gasteiger partial charge < -0.3 is 14.3 Å². The molecule has 2 saturated heterocycles. The number of rotatable bonds is 6. The maximum Gasteiger partial charge on any atom is 0.248 e. The van der Waals surface area contributed by atoms with Crippen molar-refractivity contribution in [3.63, 3.8) is 0 Å². The van der Waals surface area contributed by atoms with Crippen LogP contribution in [-0.4, -0.2) is 78.8 Å². The van der Waals surface area contributed by atoms with Gasteiger partial charge in [0.1, 0.15) is 16.6 Å². The molecule has 2 atom stereocenters. The van der Waals surface area contributed by atoms with E-state index in [2.05, 4.69) is 11.7 Å². The largest absolute Gasteiger partial charge is 0.360 e. The van der Waals surface area contributed by atoms with Crippen molar-refractivity contribution >= 4 is 21.8 Å². The number of likely N-dealkylation sites (N-methyl/N-ethyl adjacent to an activating group) is 1. The summed E-state index contributed by atoms with van der Waals surface area (Å²) < 4.78 is 32.5. The fourth-order valence-corrected chi connectivity index (χ4v) is 6.01. The molecule has 0 radical (unpaired) electrons. The van der Waals surface area contributed by atoms with Crippen molar-refractivity contribution in [1.29, 1.82) is 0 Å². The SMILES string of the molecule is C=CCN1CC[C@@H](N(C)C(=O)[C@H]2CCCN(S(=O)(=O)c3c(C)noc3C)C2)C1=O. The first-order valence-corrected chi connectivity index (χ1v) is 11.2. The number of likely N-dealkylation sites (tertiary alicyclic amines) is 1. The summed E-state index contributed by atoms with van der Waals surface area (Å²) >= 11 is 0. The van der Waals surface area contributed by atoms with E-state index >= 15 is 0 Å². The topological polar surface area (TPSA) is 104 Å². The zero-order valence-electron chi connectivity index (χ0n) is 17.1. The molecule has 0 aromatic carbocycles. The lowest BCUT2D eigenvalue weighted by atomic mass is 9.97. The number of hydrogen-bond donors (Lipinski definition) is 0. The molecule has 0 unspecified atom stereocenters. The Bertz CT molecular complexity index is 890. The van der Waals surface area contributed by atoms with Crippen LogP contribution in [0.3, 0.4) is 0 Å². The van der Waals surface area contributed by atoms with Crippen molar-refractivity contribution in [2.75, 3.05) is 33.2 Å². The Morgan fingerprint density at radius 2 is 2.07 bits per heavy atom. The minimum absolute atomic E-state index is 0.0741. The maximum absolute atomic E-state index is 13.1. The molecular weight excluding hydrogens is 396 g/mol. The highest BCUT2D eigenvalue weighted by Gasteiger charge is 2.41. The summed E-state index contributed by atoms with van der Waals surface area (Å²) in [5.41, 5.74) is 0.312. The normalized spacial score (nSPS) is 23.4. The van der Waals surface area contributed by atoms with Crippen LogP contribution in [0.4, 0.5) is 0 Å². The van der Waals surface area contributed by atoms with E-state index in [1.54, 1.807) is 31.9 Å². The minimum Gasteiger partial charge on any atom is -0.360 e. The van der Waals surface area contributed by atoms with E-state index in [1.165, 1.54) is 9.21 Å². The van der Waals surface area contributed by atoms with Gasteiger partial charge in [-0.15, -0.1) is 6.58 Å². The molecule has 1 aromatic heterocycles. The monoisotopic (exact) mass is 424 g/mol. The molecular formula is C19H28N4O5S. The molecule has 160 valence electrons. The number of amides is 2. The van der Waals surface area contributed by atoms with E-state index in [0.29, 0.717) is 44.6 Å². The summed E-state index contributed by atoms with van der Waals surface area (Å²) in [5, 5.41) is 3.74. The third-order valence-electron chi connectivity index (χ3n) is 5.73. The lowest BCUT2D eigenvalue weighted by Gasteiger charge is -2.34. The van der Waals surface area contributed by atoms with E-state index in [4.69, 9.17) is 4.52 Å². The van der Waals surface area contributed by atoms with Crippen molar-refractivity contribution in [2.45, 2.75) is 44.0 Å². The number of aryl methyl sites for hydroxylation is 2. The number of aromatic nitrogens is 1. The van der Waals surface area contributed by atoms with E-state index in [-0.39, 0.29) is 29.0 Å². The van der Waals surface area contributed by atoms with Gasteiger partial charge in [0.15, 0.2) is 5.76 Å². The van der Waals surface area contributed by atoms with Crippen LogP contribution in [0.1, 0.15) is 30.7 Å². The lowest BCUT2D eigenvalue weighted by Crippen LogP contribution is -2.50. The number of sulfonamides is 1. The number of nitrogens with zero attached hydrogens (tertiary/aromatic N) is 4. The fraction of sp³-hybridized carbons (Fsp3) is 0.632. The number of carbonyl (C=O) groups is 2. The van der Waals surface area contributed by atoms with Crippen molar-refractivity contribution in [2.24, 2.45) is 5.92 Å². The summed E-state index contributed by atoms with van der Waals surface area (Å²) in [4.78, 5) is 28.8. The van der Waals surface area contributed by atoms with Gasteiger partial charge in [-0.25, -0.2) is 8.42 Å². The average molecular weight is 425 g/mol. The zero-order chi connectivity index (χ0) is 21.3.